The van der Waals surface area contributed by atoms with E-state index in [1.807, 2.05) is 0 Å². The molecule has 0 bridgehead atoms. The van der Waals surface area contributed by atoms with Gasteiger partial charge in [-0.15, -0.1) is 0 Å². The molecule has 5 nitrogen and oxygen atoms in total. The highest BCUT2D eigenvalue weighted by Gasteiger charge is 2.07. The number of benzene rings is 1. The first kappa shape index (κ1) is 11.7. The van der Waals surface area contributed by atoms with Gasteiger partial charge in [0.05, 0.1) is 5.33 Å². The van der Waals surface area contributed by atoms with Gasteiger partial charge in [0.15, 0.2) is 5.82 Å². The second kappa shape index (κ2) is 5.05. The molecule has 1 amide bonds. The van der Waals surface area contributed by atoms with E-state index in [1.165, 1.54) is 29.5 Å². The number of amides is 1. The largest absolute Gasteiger partial charge is 0.325 e. The quantitative estimate of drug-likeness (QED) is 0.878. The first-order chi connectivity index (χ1) is 8.20. The van der Waals surface area contributed by atoms with E-state index < -0.39 is 5.82 Å². The molecule has 0 aliphatic carbocycles. The molecule has 0 saturated heterocycles. The van der Waals surface area contributed by atoms with Crippen LogP contribution in [0.25, 0.3) is 5.69 Å². The Bertz CT molecular complexity index is 529. The summed E-state index contributed by atoms with van der Waals surface area (Å²) in [5.74, 6) is -0.722. The minimum Gasteiger partial charge on any atom is -0.325 e. The van der Waals surface area contributed by atoms with Crippen LogP contribution in [0, 0.1) is 5.82 Å². The summed E-state index contributed by atoms with van der Waals surface area (Å²) in [7, 11) is 0. The van der Waals surface area contributed by atoms with Crippen LogP contribution in [-0.4, -0.2) is 26.0 Å². The summed E-state index contributed by atoms with van der Waals surface area (Å²) < 4.78 is 15.0. The maximum Gasteiger partial charge on any atom is 0.235 e. The van der Waals surface area contributed by atoms with Gasteiger partial charge in [-0.2, -0.15) is 5.10 Å². The number of rotatable bonds is 3. The summed E-state index contributed by atoms with van der Waals surface area (Å²) in [6, 6.07) is 4.35. The normalized spacial score (nSPS) is 10.2. The van der Waals surface area contributed by atoms with Gasteiger partial charge in [-0.05, 0) is 18.2 Å². The van der Waals surface area contributed by atoms with Gasteiger partial charge in [0, 0.05) is 5.69 Å². The number of nitrogens with one attached hydrogen (secondary N) is 1. The van der Waals surface area contributed by atoms with Crippen LogP contribution in [0.4, 0.5) is 10.1 Å². The summed E-state index contributed by atoms with van der Waals surface area (Å²) in [4.78, 5) is 14.8. The number of hydrogen-bond donors (Lipinski definition) is 1. The molecule has 0 atom stereocenters. The third-order valence-electron chi connectivity index (χ3n) is 2.02. The Morgan fingerprint density at radius 2 is 2.35 bits per heavy atom. The molecule has 88 valence electrons. The minimum atomic E-state index is -0.483. The van der Waals surface area contributed by atoms with E-state index in [0.717, 1.165) is 0 Å². The summed E-state index contributed by atoms with van der Waals surface area (Å²) in [5.41, 5.74) is 0.676. The molecule has 2 rings (SSSR count). The highest BCUT2D eigenvalue weighted by molar-refractivity contribution is 9.09. The number of carbonyl (C=O) groups excluding carboxylic acids is 1. The highest BCUT2D eigenvalue weighted by Crippen LogP contribution is 2.17. The molecule has 7 heteroatoms. The van der Waals surface area contributed by atoms with Crippen molar-refractivity contribution in [3.8, 4) is 5.69 Å². The average Bonchev–Trinajstić information content (AvgIpc) is 2.82. The van der Waals surface area contributed by atoms with Gasteiger partial charge in [0.2, 0.25) is 5.91 Å². The first-order valence-corrected chi connectivity index (χ1v) is 5.83. The molecular formula is C10H8BrFN4O. The highest BCUT2D eigenvalue weighted by atomic mass is 79.9. The Kier molecular flexibility index (Phi) is 3.48. The fourth-order valence-electron chi connectivity index (χ4n) is 1.30. The Hall–Kier alpha value is -1.76. The van der Waals surface area contributed by atoms with Crippen LogP contribution in [0.2, 0.25) is 0 Å². The standard InChI is InChI=1S/C10H8BrFN4O/c11-4-10(17)15-7-1-2-9(8(12)3-7)16-6-13-5-14-16/h1-3,5-6H,4H2,(H,15,17). The van der Waals surface area contributed by atoms with Crippen molar-refractivity contribution in [3.05, 3.63) is 36.7 Å². The number of anilines is 1. The lowest BCUT2D eigenvalue weighted by atomic mass is 10.2. The van der Waals surface area contributed by atoms with Gasteiger partial charge in [-0.25, -0.2) is 14.1 Å². The molecule has 0 radical (unpaired) electrons. The summed E-state index contributed by atoms with van der Waals surface area (Å²) in [6.07, 6.45) is 2.72. The molecule has 17 heavy (non-hydrogen) atoms. The van der Waals surface area contributed by atoms with Crippen molar-refractivity contribution >= 4 is 27.5 Å². The second-order valence-corrected chi connectivity index (χ2v) is 3.75. The molecule has 0 aliphatic heterocycles. The maximum atomic E-state index is 13.7. The number of aromatic nitrogens is 3. The zero-order valence-corrected chi connectivity index (χ0v) is 10.2. The van der Waals surface area contributed by atoms with Crippen molar-refractivity contribution in [1.82, 2.24) is 14.8 Å². The van der Waals surface area contributed by atoms with Gasteiger partial charge in [-0.1, -0.05) is 15.9 Å². The number of nitrogens with zero attached hydrogens (tertiary/aromatic N) is 3. The monoisotopic (exact) mass is 298 g/mol. The van der Waals surface area contributed by atoms with Crippen LogP contribution in [0.1, 0.15) is 0 Å². The van der Waals surface area contributed by atoms with Crippen LogP contribution in [0.3, 0.4) is 0 Å². The van der Waals surface area contributed by atoms with Gasteiger partial charge in [-0.3, -0.25) is 4.79 Å². The van der Waals surface area contributed by atoms with Crippen LogP contribution in [-0.2, 0) is 4.79 Å². The van der Waals surface area contributed by atoms with Crippen LogP contribution in [0.15, 0.2) is 30.9 Å². The molecule has 2 aromatic rings. The van der Waals surface area contributed by atoms with Crippen molar-refractivity contribution in [2.75, 3.05) is 10.6 Å². The van der Waals surface area contributed by atoms with Crippen molar-refractivity contribution < 1.29 is 9.18 Å². The van der Waals surface area contributed by atoms with E-state index in [0.29, 0.717) is 5.69 Å². The second-order valence-electron chi connectivity index (χ2n) is 3.19. The SMILES string of the molecule is O=C(CBr)Nc1ccc(-n2cncn2)c(F)c1. The Morgan fingerprint density at radius 1 is 1.53 bits per heavy atom. The number of hydrogen-bond acceptors (Lipinski definition) is 3. The molecule has 0 unspecified atom stereocenters. The van der Waals surface area contributed by atoms with Crippen LogP contribution < -0.4 is 5.32 Å². The molecular weight excluding hydrogens is 291 g/mol. The maximum absolute atomic E-state index is 13.7. The van der Waals surface area contributed by atoms with Crippen LogP contribution in [0.5, 0.6) is 0 Å². The van der Waals surface area contributed by atoms with E-state index in [4.69, 9.17) is 0 Å². The van der Waals surface area contributed by atoms with E-state index in [-0.39, 0.29) is 16.9 Å². The van der Waals surface area contributed by atoms with E-state index in [9.17, 15) is 9.18 Å². The van der Waals surface area contributed by atoms with E-state index in [1.54, 1.807) is 6.07 Å². The summed E-state index contributed by atoms with van der Waals surface area (Å²) >= 11 is 3.01. The molecule has 0 aliphatic rings. The average molecular weight is 299 g/mol. The fraction of sp³-hybridized carbons (Fsp3) is 0.100. The zero-order chi connectivity index (χ0) is 12.3. The van der Waals surface area contributed by atoms with Crippen LogP contribution >= 0.6 is 15.9 Å². The smallest absolute Gasteiger partial charge is 0.235 e. The number of halogens is 2. The summed E-state index contributed by atoms with van der Waals surface area (Å²) in [6.45, 7) is 0. The first-order valence-electron chi connectivity index (χ1n) is 4.71. The molecule has 1 heterocycles. The lowest BCUT2D eigenvalue weighted by Crippen LogP contribution is -2.12. The Labute approximate surface area is 105 Å². The van der Waals surface area contributed by atoms with E-state index >= 15 is 0 Å². The lowest BCUT2D eigenvalue weighted by molar-refractivity contribution is -0.113. The number of carbonyl (C=O) groups is 1. The molecule has 0 spiro atoms. The van der Waals surface area contributed by atoms with Crippen molar-refractivity contribution in [1.29, 1.82) is 0 Å². The topological polar surface area (TPSA) is 59.8 Å². The van der Waals surface area contributed by atoms with E-state index in [2.05, 4.69) is 31.3 Å². The van der Waals surface area contributed by atoms with Crippen molar-refractivity contribution in [3.63, 3.8) is 0 Å². The minimum absolute atomic E-state index is 0.166. The van der Waals surface area contributed by atoms with Gasteiger partial charge in [0.25, 0.3) is 0 Å². The molecule has 0 saturated carbocycles. The molecule has 1 N–H and O–H groups in total. The van der Waals surface area contributed by atoms with Gasteiger partial charge in [0.1, 0.15) is 18.3 Å². The van der Waals surface area contributed by atoms with Crippen molar-refractivity contribution in [2.45, 2.75) is 0 Å². The predicted octanol–water partition coefficient (Wildman–Crippen LogP) is 1.74. The third kappa shape index (κ3) is 2.68. The summed E-state index contributed by atoms with van der Waals surface area (Å²) in [5, 5.41) is 6.52. The molecule has 1 aromatic heterocycles. The Morgan fingerprint density at radius 3 is 2.94 bits per heavy atom. The number of alkyl halides is 1. The third-order valence-corrected chi connectivity index (χ3v) is 2.53. The molecule has 0 fully saturated rings. The zero-order valence-electron chi connectivity index (χ0n) is 8.60. The molecule has 1 aromatic carbocycles. The lowest BCUT2D eigenvalue weighted by Gasteiger charge is -2.06. The van der Waals surface area contributed by atoms with Gasteiger partial charge < -0.3 is 5.32 Å². The Balaban J connectivity index is 2.26. The van der Waals surface area contributed by atoms with Crippen molar-refractivity contribution in [2.24, 2.45) is 0 Å². The fourth-order valence-corrected chi connectivity index (χ4v) is 1.44. The predicted molar refractivity (Wildman–Crippen MR) is 63.7 cm³/mol. The van der Waals surface area contributed by atoms with Gasteiger partial charge >= 0.3 is 0 Å².